The number of carbonyl (C=O) groups excluding carboxylic acids is 3. The third kappa shape index (κ3) is 4.20. The molecule has 3 fully saturated rings. The van der Waals surface area contributed by atoms with E-state index in [4.69, 9.17) is 26.2 Å². The van der Waals surface area contributed by atoms with Crippen LogP contribution in [0.15, 0.2) is 18.2 Å². The summed E-state index contributed by atoms with van der Waals surface area (Å²) in [7, 11) is 0. The Morgan fingerprint density at radius 2 is 2.06 bits per heavy atom. The highest BCUT2D eigenvalue weighted by atomic mass is 35.5. The second kappa shape index (κ2) is 10.2. The summed E-state index contributed by atoms with van der Waals surface area (Å²) in [4.78, 5) is 41.8. The number of rotatable bonds is 10. The van der Waals surface area contributed by atoms with Crippen molar-refractivity contribution >= 4 is 35.1 Å². The zero-order valence-corrected chi connectivity index (χ0v) is 20.5. The van der Waals surface area contributed by atoms with E-state index in [9.17, 15) is 14.4 Å². The lowest BCUT2D eigenvalue weighted by molar-refractivity contribution is -0.154. The van der Waals surface area contributed by atoms with Gasteiger partial charge in [-0.1, -0.05) is 36.6 Å². The summed E-state index contributed by atoms with van der Waals surface area (Å²) in [6, 6.07) is 4.52. The molecule has 3 aliphatic heterocycles. The molecule has 8 nitrogen and oxygen atoms in total. The van der Waals surface area contributed by atoms with Crippen molar-refractivity contribution in [3.05, 3.63) is 28.8 Å². The summed E-state index contributed by atoms with van der Waals surface area (Å²) in [5.74, 6) is -2.44. The maximum atomic E-state index is 13.7. The molecule has 2 amide bonds. The number of benzene rings is 1. The van der Waals surface area contributed by atoms with Crippen LogP contribution >= 0.6 is 11.6 Å². The average Bonchev–Trinajstić information content (AvgIpc) is 3.44. The lowest BCUT2D eigenvalue weighted by Gasteiger charge is -2.33. The first-order valence-corrected chi connectivity index (χ1v) is 12.5. The van der Waals surface area contributed by atoms with E-state index in [1.165, 1.54) is 0 Å². The topological polar surface area (TPSA) is 105 Å². The number of aliphatic hydroxyl groups is 1. The largest absolute Gasteiger partial charge is 0.466 e. The van der Waals surface area contributed by atoms with Crippen LogP contribution < -0.4 is 5.32 Å². The molecule has 0 unspecified atom stereocenters. The Labute approximate surface area is 204 Å². The average molecular weight is 493 g/mol. The molecular weight excluding hydrogens is 460 g/mol. The minimum absolute atomic E-state index is 0.131. The number of unbranched alkanes of at least 4 members (excludes halogenated alkanes) is 3. The summed E-state index contributed by atoms with van der Waals surface area (Å²) in [6.07, 6.45) is 3.77. The van der Waals surface area contributed by atoms with Crippen molar-refractivity contribution < 1.29 is 29.0 Å². The Hall–Kier alpha value is -2.16. The Balaban J connectivity index is 1.64. The fraction of sp³-hybridized carbons (Fsp3) is 0.640. The molecule has 0 radical (unpaired) electrons. The minimum Gasteiger partial charge on any atom is -0.466 e. The van der Waals surface area contributed by atoms with Crippen molar-refractivity contribution in [2.24, 2.45) is 11.8 Å². The molecule has 2 N–H and O–H groups in total. The molecular formula is C25H33ClN2O6. The van der Waals surface area contributed by atoms with E-state index >= 15 is 0 Å². The van der Waals surface area contributed by atoms with E-state index in [-0.39, 0.29) is 25.0 Å². The standard InChI is InChI=1S/C25H33ClN2O6/c1-3-33-24(32)18-17-11-12-25(34-17)19(18)23(31)28(13-6-4-5-7-14-29)21(25)22(30)27-20-15(2)9-8-10-16(20)26/h8-10,17-19,21,29H,3-7,11-14H2,1-2H3,(H,27,30)/t17-,18+,19+,21-,25+/m0/s1. The van der Waals surface area contributed by atoms with Gasteiger partial charge in [0.15, 0.2) is 0 Å². The SMILES string of the molecule is CCOC(=O)[C@@H]1[C@@H]2CC[C@]3(O2)[C@H](C(=O)Nc2c(C)cccc2Cl)N(CCCCCCO)C(=O)[C@@H]13. The molecule has 9 heteroatoms. The number of hydrogen-bond donors (Lipinski definition) is 2. The van der Waals surface area contributed by atoms with Gasteiger partial charge < -0.3 is 24.8 Å². The van der Waals surface area contributed by atoms with Gasteiger partial charge in [0.25, 0.3) is 0 Å². The summed E-state index contributed by atoms with van der Waals surface area (Å²) < 4.78 is 11.6. The first-order valence-electron chi connectivity index (χ1n) is 12.2. The molecule has 5 atom stereocenters. The lowest BCUT2D eigenvalue weighted by Crippen LogP contribution is -2.53. The molecule has 34 heavy (non-hydrogen) atoms. The monoisotopic (exact) mass is 492 g/mol. The molecule has 3 saturated heterocycles. The molecule has 4 rings (SSSR count). The lowest BCUT2D eigenvalue weighted by atomic mass is 9.70. The van der Waals surface area contributed by atoms with Gasteiger partial charge in [-0.2, -0.15) is 0 Å². The first kappa shape index (κ1) is 24.9. The van der Waals surface area contributed by atoms with Crippen LogP contribution in [-0.4, -0.2) is 65.3 Å². The number of halogens is 1. The van der Waals surface area contributed by atoms with Gasteiger partial charge in [0.05, 0.1) is 35.3 Å². The number of carbonyl (C=O) groups is 3. The number of nitrogens with one attached hydrogen (secondary N) is 1. The molecule has 1 spiro atoms. The third-order valence-corrected chi connectivity index (χ3v) is 7.70. The smallest absolute Gasteiger partial charge is 0.312 e. The van der Waals surface area contributed by atoms with Crippen LogP contribution in [0.4, 0.5) is 5.69 Å². The van der Waals surface area contributed by atoms with Gasteiger partial charge in [-0.25, -0.2) is 0 Å². The van der Waals surface area contributed by atoms with Gasteiger partial charge in [0.2, 0.25) is 11.8 Å². The van der Waals surface area contributed by atoms with E-state index in [0.717, 1.165) is 18.4 Å². The van der Waals surface area contributed by atoms with Gasteiger partial charge in [0.1, 0.15) is 11.6 Å². The maximum Gasteiger partial charge on any atom is 0.312 e. The number of para-hydroxylation sites is 1. The van der Waals surface area contributed by atoms with Gasteiger partial charge in [-0.05, 0) is 51.2 Å². The number of anilines is 1. The number of hydrogen-bond acceptors (Lipinski definition) is 6. The number of aryl methyl sites for hydroxylation is 1. The second-order valence-electron chi connectivity index (χ2n) is 9.40. The van der Waals surface area contributed by atoms with Crippen LogP contribution in [0.5, 0.6) is 0 Å². The van der Waals surface area contributed by atoms with Crippen molar-refractivity contribution in [2.45, 2.75) is 70.1 Å². The van der Waals surface area contributed by atoms with E-state index in [0.29, 0.717) is 42.9 Å². The fourth-order valence-electron chi connectivity index (χ4n) is 5.93. The van der Waals surface area contributed by atoms with Gasteiger partial charge in [-0.3, -0.25) is 14.4 Å². The molecule has 1 aromatic rings. The first-order chi connectivity index (χ1) is 16.4. The molecule has 0 aliphatic carbocycles. The number of likely N-dealkylation sites (tertiary alicyclic amines) is 1. The predicted octanol–water partition coefficient (Wildman–Crippen LogP) is 3.08. The molecule has 3 aliphatic rings. The zero-order chi connectivity index (χ0) is 24.5. The number of nitrogens with zero attached hydrogens (tertiary/aromatic N) is 1. The summed E-state index contributed by atoms with van der Waals surface area (Å²) >= 11 is 6.36. The molecule has 186 valence electrons. The normalized spacial score (nSPS) is 29.4. The van der Waals surface area contributed by atoms with Crippen LogP contribution in [0.2, 0.25) is 5.02 Å². The minimum atomic E-state index is -1.05. The summed E-state index contributed by atoms with van der Waals surface area (Å²) in [5, 5.41) is 12.4. The van der Waals surface area contributed by atoms with Crippen molar-refractivity contribution in [3.8, 4) is 0 Å². The summed E-state index contributed by atoms with van der Waals surface area (Å²) in [6.45, 7) is 4.33. The highest BCUT2D eigenvalue weighted by molar-refractivity contribution is 6.34. The fourth-order valence-corrected chi connectivity index (χ4v) is 6.20. The van der Waals surface area contributed by atoms with Gasteiger partial charge >= 0.3 is 5.97 Å². The van der Waals surface area contributed by atoms with E-state index in [1.54, 1.807) is 17.9 Å². The predicted molar refractivity (Wildman–Crippen MR) is 126 cm³/mol. The Morgan fingerprint density at radius 1 is 1.29 bits per heavy atom. The number of aliphatic hydroxyl groups excluding tert-OH is 1. The van der Waals surface area contributed by atoms with Crippen LogP contribution in [0.1, 0.15) is 51.0 Å². The van der Waals surface area contributed by atoms with Gasteiger partial charge in [0, 0.05) is 13.2 Å². The number of amides is 2. The molecule has 0 saturated carbocycles. The van der Waals surface area contributed by atoms with Crippen LogP contribution in [0.3, 0.4) is 0 Å². The van der Waals surface area contributed by atoms with E-state index < -0.39 is 35.6 Å². The number of esters is 1. The zero-order valence-electron chi connectivity index (χ0n) is 19.7. The van der Waals surface area contributed by atoms with Crippen LogP contribution in [-0.2, 0) is 23.9 Å². The summed E-state index contributed by atoms with van der Waals surface area (Å²) in [5.41, 5.74) is 0.276. The Kier molecular flexibility index (Phi) is 7.50. The van der Waals surface area contributed by atoms with Crippen molar-refractivity contribution in [2.75, 3.05) is 25.1 Å². The Morgan fingerprint density at radius 3 is 2.76 bits per heavy atom. The van der Waals surface area contributed by atoms with Crippen molar-refractivity contribution in [1.29, 1.82) is 0 Å². The third-order valence-electron chi connectivity index (χ3n) is 7.38. The molecule has 3 heterocycles. The van der Waals surface area contributed by atoms with Crippen molar-refractivity contribution in [1.82, 2.24) is 4.90 Å². The second-order valence-corrected chi connectivity index (χ2v) is 9.81. The highest BCUT2D eigenvalue weighted by Crippen LogP contribution is 2.58. The molecule has 1 aromatic carbocycles. The van der Waals surface area contributed by atoms with Crippen LogP contribution in [0, 0.1) is 18.8 Å². The van der Waals surface area contributed by atoms with E-state index in [1.807, 2.05) is 19.1 Å². The van der Waals surface area contributed by atoms with Crippen LogP contribution in [0.25, 0.3) is 0 Å². The van der Waals surface area contributed by atoms with Gasteiger partial charge in [-0.15, -0.1) is 0 Å². The Bertz CT molecular complexity index is 935. The maximum absolute atomic E-state index is 13.7. The highest BCUT2D eigenvalue weighted by Gasteiger charge is 2.74. The van der Waals surface area contributed by atoms with E-state index in [2.05, 4.69) is 5.32 Å². The van der Waals surface area contributed by atoms with Crippen molar-refractivity contribution in [3.63, 3.8) is 0 Å². The molecule has 0 aromatic heterocycles. The number of ether oxygens (including phenoxy) is 2. The number of fused-ring (bicyclic) bond motifs is 1. The molecule has 2 bridgehead atoms. The quantitative estimate of drug-likeness (QED) is 0.384.